The van der Waals surface area contributed by atoms with Crippen molar-refractivity contribution < 1.29 is 4.74 Å². The molecule has 0 spiro atoms. The van der Waals surface area contributed by atoms with Gasteiger partial charge in [-0.1, -0.05) is 0 Å². The Morgan fingerprint density at radius 2 is 2.11 bits per heavy atom. The second-order valence-electron chi connectivity index (χ2n) is 5.60. The fourth-order valence-corrected chi connectivity index (χ4v) is 2.86. The number of nitrogens with zero attached hydrogens (tertiary/aromatic N) is 3. The van der Waals surface area contributed by atoms with Crippen molar-refractivity contribution in [2.75, 3.05) is 52.5 Å². The Morgan fingerprint density at radius 1 is 1.32 bits per heavy atom. The third-order valence-electron chi connectivity index (χ3n) is 4.22. The molecule has 2 fully saturated rings. The Morgan fingerprint density at radius 3 is 2.84 bits per heavy atom. The predicted molar refractivity (Wildman–Crippen MR) is 74.9 cm³/mol. The highest BCUT2D eigenvalue weighted by Gasteiger charge is 2.23. The molecule has 2 heterocycles. The number of nitriles is 1. The maximum absolute atomic E-state index is 8.87. The van der Waals surface area contributed by atoms with Gasteiger partial charge < -0.3 is 10.1 Å². The minimum absolute atomic E-state index is 0.333. The van der Waals surface area contributed by atoms with Crippen LogP contribution in [-0.2, 0) is 4.74 Å². The first-order chi connectivity index (χ1) is 9.29. The van der Waals surface area contributed by atoms with Crippen molar-refractivity contribution in [1.29, 1.82) is 5.26 Å². The van der Waals surface area contributed by atoms with E-state index in [0.29, 0.717) is 18.5 Å². The molecule has 0 radical (unpaired) electrons. The summed E-state index contributed by atoms with van der Waals surface area (Å²) in [7, 11) is 0. The first kappa shape index (κ1) is 14.7. The van der Waals surface area contributed by atoms with Crippen molar-refractivity contribution in [3.8, 4) is 6.07 Å². The van der Waals surface area contributed by atoms with Crippen LogP contribution in [0.4, 0.5) is 0 Å². The van der Waals surface area contributed by atoms with Crippen LogP contribution in [0.1, 0.15) is 19.8 Å². The van der Waals surface area contributed by atoms with Gasteiger partial charge in [-0.15, -0.1) is 0 Å². The molecule has 2 rings (SSSR count). The number of hydrogen-bond acceptors (Lipinski definition) is 5. The van der Waals surface area contributed by atoms with Crippen molar-refractivity contribution in [1.82, 2.24) is 15.1 Å². The van der Waals surface area contributed by atoms with Gasteiger partial charge in [-0.25, -0.2) is 0 Å². The number of morpholine rings is 1. The minimum atomic E-state index is 0.333. The topological polar surface area (TPSA) is 51.5 Å². The van der Waals surface area contributed by atoms with Crippen LogP contribution < -0.4 is 5.32 Å². The predicted octanol–water partition coefficient (Wildman–Crippen LogP) is 0.285. The molecule has 2 aliphatic rings. The molecular weight excluding hydrogens is 240 g/mol. The van der Waals surface area contributed by atoms with Crippen molar-refractivity contribution >= 4 is 0 Å². The summed E-state index contributed by atoms with van der Waals surface area (Å²) in [5.41, 5.74) is 0. The van der Waals surface area contributed by atoms with Crippen molar-refractivity contribution in [2.24, 2.45) is 0 Å². The molecule has 0 amide bonds. The quantitative estimate of drug-likeness (QED) is 0.792. The maximum atomic E-state index is 8.87. The summed E-state index contributed by atoms with van der Waals surface area (Å²) >= 11 is 0. The number of nitrogens with one attached hydrogen (secondary N) is 1. The zero-order valence-electron chi connectivity index (χ0n) is 12.0. The molecular formula is C14H26N4O. The summed E-state index contributed by atoms with van der Waals surface area (Å²) in [5.74, 6) is 0. The molecule has 2 atom stereocenters. The van der Waals surface area contributed by atoms with Gasteiger partial charge in [-0.2, -0.15) is 5.26 Å². The Labute approximate surface area is 116 Å². The fourth-order valence-electron chi connectivity index (χ4n) is 2.86. The van der Waals surface area contributed by atoms with Crippen molar-refractivity contribution in [3.05, 3.63) is 0 Å². The van der Waals surface area contributed by atoms with Crippen LogP contribution in [0.2, 0.25) is 0 Å². The second kappa shape index (κ2) is 7.81. The average Bonchev–Trinajstić information content (AvgIpc) is 2.60. The van der Waals surface area contributed by atoms with Gasteiger partial charge in [0.1, 0.15) is 0 Å². The fraction of sp³-hybridized carbons (Fsp3) is 0.929. The molecule has 2 saturated heterocycles. The third-order valence-corrected chi connectivity index (χ3v) is 4.22. The highest BCUT2D eigenvalue weighted by atomic mass is 16.5. The molecule has 5 nitrogen and oxygen atoms in total. The summed E-state index contributed by atoms with van der Waals surface area (Å²) in [4.78, 5) is 5.02. The molecule has 1 N–H and O–H groups in total. The number of rotatable bonds is 4. The Balaban J connectivity index is 1.79. The zero-order chi connectivity index (χ0) is 13.5. The Kier molecular flexibility index (Phi) is 6.05. The first-order valence-corrected chi connectivity index (χ1v) is 7.44. The summed E-state index contributed by atoms with van der Waals surface area (Å²) < 4.78 is 5.38. The Bertz CT molecular complexity index is 298. The summed E-state index contributed by atoms with van der Waals surface area (Å²) in [6.45, 7) is 10.4. The number of hydrogen-bond donors (Lipinski definition) is 1. The van der Waals surface area contributed by atoms with Gasteiger partial charge >= 0.3 is 0 Å². The summed E-state index contributed by atoms with van der Waals surface area (Å²) in [6, 6.07) is 3.23. The van der Waals surface area contributed by atoms with Gasteiger partial charge in [0.15, 0.2) is 0 Å². The van der Waals surface area contributed by atoms with Gasteiger partial charge in [-0.05, 0) is 19.9 Å². The van der Waals surface area contributed by atoms with Crippen molar-refractivity contribution in [2.45, 2.75) is 31.8 Å². The molecule has 0 bridgehead atoms. The van der Waals surface area contributed by atoms with E-state index in [0.717, 1.165) is 52.5 Å². The van der Waals surface area contributed by atoms with E-state index in [1.165, 1.54) is 6.42 Å². The monoisotopic (exact) mass is 266 g/mol. The van der Waals surface area contributed by atoms with Crippen LogP contribution in [0.3, 0.4) is 0 Å². The summed E-state index contributed by atoms with van der Waals surface area (Å²) in [6.07, 6.45) is 1.78. The zero-order valence-corrected chi connectivity index (χ0v) is 12.0. The molecule has 5 heteroatoms. The highest BCUT2D eigenvalue weighted by molar-refractivity contribution is 4.87. The van der Waals surface area contributed by atoms with E-state index in [-0.39, 0.29) is 0 Å². The van der Waals surface area contributed by atoms with E-state index in [9.17, 15) is 0 Å². The van der Waals surface area contributed by atoms with Crippen LogP contribution in [0.15, 0.2) is 0 Å². The molecule has 2 aliphatic heterocycles. The van der Waals surface area contributed by atoms with Gasteiger partial charge in [-0.3, -0.25) is 9.80 Å². The van der Waals surface area contributed by atoms with E-state index in [4.69, 9.17) is 10.00 Å². The molecule has 0 aromatic heterocycles. The van der Waals surface area contributed by atoms with Crippen molar-refractivity contribution in [3.63, 3.8) is 0 Å². The van der Waals surface area contributed by atoms with E-state index >= 15 is 0 Å². The van der Waals surface area contributed by atoms with Crippen LogP contribution >= 0.6 is 0 Å². The third kappa shape index (κ3) is 4.73. The smallest absolute Gasteiger partial charge is 0.0638 e. The highest BCUT2D eigenvalue weighted by Crippen LogP contribution is 2.11. The van der Waals surface area contributed by atoms with Crippen LogP contribution in [0.25, 0.3) is 0 Å². The van der Waals surface area contributed by atoms with E-state index in [2.05, 4.69) is 28.1 Å². The Hall–Kier alpha value is -0.670. The van der Waals surface area contributed by atoms with Gasteiger partial charge in [0.05, 0.1) is 25.7 Å². The van der Waals surface area contributed by atoms with E-state index in [1.54, 1.807) is 0 Å². The molecule has 0 aromatic rings. The molecule has 0 aliphatic carbocycles. The maximum Gasteiger partial charge on any atom is 0.0638 e. The molecule has 108 valence electrons. The van der Waals surface area contributed by atoms with Gasteiger partial charge in [0.2, 0.25) is 0 Å². The SMILES string of the molecule is CC1CCNC(CC#N)CN1CCN1CCOCC1. The van der Waals surface area contributed by atoms with Gasteiger partial charge in [0, 0.05) is 44.8 Å². The van der Waals surface area contributed by atoms with Gasteiger partial charge in [0.25, 0.3) is 0 Å². The van der Waals surface area contributed by atoms with Crippen LogP contribution in [0.5, 0.6) is 0 Å². The lowest BCUT2D eigenvalue weighted by Gasteiger charge is -2.33. The van der Waals surface area contributed by atoms with E-state index < -0.39 is 0 Å². The summed E-state index contributed by atoms with van der Waals surface area (Å²) in [5, 5.41) is 12.3. The molecule has 0 aromatic carbocycles. The lowest BCUT2D eigenvalue weighted by atomic mass is 10.2. The van der Waals surface area contributed by atoms with Crippen LogP contribution in [0, 0.1) is 11.3 Å². The lowest BCUT2D eigenvalue weighted by Crippen LogP contribution is -2.46. The first-order valence-electron chi connectivity index (χ1n) is 7.44. The number of ether oxygens (including phenoxy) is 1. The molecule has 19 heavy (non-hydrogen) atoms. The normalized spacial score (nSPS) is 30.7. The van der Waals surface area contributed by atoms with E-state index in [1.807, 2.05) is 0 Å². The minimum Gasteiger partial charge on any atom is -0.379 e. The molecule has 0 saturated carbocycles. The largest absolute Gasteiger partial charge is 0.379 e. The lowest BCUT2D eigenvalue weighted by molar-refractivity contribution is 0.0311. The molecule has 2 unspecified atom stereocenters. The average molecular weight is 266 g/mol. The van der Waals surface area contributed by atoms with Crippen LogP contribution in [-0.4, -0.2) is 74.4 Å². The second-order valence-corrected chi connectivity index (χ2v) is 5.60. The standard InChI is InChI=1S/C14H26N4O/c1-13-3-5-16-14(2-4-15)12-18(13)7-6-17-8-10-19-11-9-17/h13-14,16H,2-3,5-12H2,1H3.